The molecule has 4 rings (SSSR count). The number of pyridine rings is 2. The number of hydrogen-bond donors (Lipinski definition) is 0. The number of nitrogens with zero attached hydrogens (tertiary/aromatic N) is 3. The summed E-state index contributed by atoms with van der Waals surface area (Å²) >= 11 is 0. The lowest BCUT2D eigenvalue weighted by Crippen LogP contribution is -1.97. The van der Waals surface area contributed by atoms with Crippen LogP contribution in [0.3, 0.4) is 0 Å². The van der Waals surface area contributed by atoms with Crippen LogP contribution in [0.5, 0.6) is 0 Å². The third-order valence-electron chi connectivity index (χ3n) is 4.25. The van der Waals surface area contributed by atoms with Crippen LogP contribution < -0.4 is 0 Å². The number of rotatable bonds is 2. The second-order valence-electron chi connectivity index (χ2n) is 5.79. The molecule has 1 aromatic carbocycles. The molecule has 0 spiro atoms. The van der Waals surface area contributed by atoms with E-state index < -0.39 is 0 Å². The first kappa shape index (κ1) is 13.7. The van der Waals surface area contributed by atoms with E-state index in [0.29, 0.717) is 0 Å². The molecular formula is C20H17N3. The summed E-state index contributed by atoms with van der Waals surface area (Å²) in [7, 11) is 0. The van der Waals surface area contributed by atoms with E-state index in [2.05, 4.69) is 64.8 Å². The van der Waals surface area contributed by atoms with Crippen molar-refractivity contribution in [3.05, 3.63) is 78.4 Å². The highest BCUT2D eigenvalue weighted by molar-refractivity contribution is 5.81. The zero-order valence-electron chi connectivity index (χ0n) is 13.2. The molecule has 3 aromatic heterocycles. The third kappa shape index (κ3) is 2.30. The lowest BCUT2D eigenvalue weighted by Gasteiger charge is -2.12. The Hall–Kier alpha value is -2.94. The van der Waals surface area contributed by atoms with E-state index in [9.17, 15) is 0 Å². The van der Waals surface area contributed by atoms with Gasteiger partial charge < -0.3 is 4.57 Å². The van der Waals surface area contributed by atoms with Crippen molar-refractivity contribution in [1.82, 2.24) is 14.5 Å². The first-order valence-electron chi connectivity index (χ1n) is 7.68. The van der Waals surface area contributed by atoms with E-state index >= 15 is 0 Å². The number of benzene rings is 1. The van der Waals surface area contributed by atoms with Crippen LogP contribution in [0.1, 0.15) is 11.1 Å². The van der Waals surface area contributed by atoms with E-state index in [1.807, 2.05) is 30.9 Å². The Bertz CT molecular complexity index is 978. The molecule has 0 radical (unpaired) electrons. The predicted molar refractivity (Wildman–Crippen MR) is 93.8 cm³/mol. The fourth-order valence-electron chi connectivity index (χ4n) is 3.16. The van der Waals surface area contributed by atoms with Gasteiger partial charge >= 0.3 is 0 Å². The Kier molecular flexibility index (Phi) is 3.19. The zero-order chi connectivity index (χ0) is 15.8. The highest BCUT2D eigenvalue weighted by Crippen LogP contribution is 2.28. The summed E-state index contributed by atoms with van der Waals surface area (Å²) in [6.07, 6.45) is 7.61. The van der Waals surface area contributed by atoms with Gasteiger partial charge in [-0.2, -0.15) is 0 Å². The average Bonchev–Trinajstić information content (AvgIpc) is 2.99. The third-order valence-corrected chi connectivity index (χ3v) is 4.25. The molecule has 23 heavy (non-hydrogen) atoms. The summed E-state index contributed by atoms with van der Waals surface area (Å²) in [4.78, 5) is 8.73. The van der Waals surface area contributed by atoms with Crippen LogP contribution in [0, 0.1) is 13.8 Å². The summed E-state index contributed by atoms with van der Waals surface area (Å²) in [5, 5.41) is 1.12. The van der Waals surface area contributed by atoms with Crippen LogP contribution in [0.25, 0.3) is 27.8 Å². The van der Waals surface area contributed by atoms with Gasteiger partial charge in [-0.25, -0.2) is 4.98 Å². The second kappa shape index (κ2) is 5.36. The average molecular weight is 299 g/mol. The van der Waals surface area contributed by atoms with E-state index in [1.54, 1.807) is 0 Å². The van der Waals surface area contributed by atoms with Crippen molar-refractivity contribution in [2.24, 2.45) is 0 Å². The summed E-state index contributed by atoms with van der Waals surface area (Å²) in [6, 6.07) is 14.7. The molecule has 0 saturated heterocycles. The van der Waals surface area contributed by atoms with Gasteiger partial charge in [-0.1, -0.05) is 18.2 Å². The number of aryl methyl sites for hydroxylation is 2. The van der Waals surface area contributed by atoms with E-state index in [-0.39, 0.29) is 0 Å². The lowest BCUT2D eigenvalue weighted by atomic mass is 9.96. The van der Waals surface area contributed by atoms with Crippen molar-refractivity contribution in [1.29, 1.82) is 0 Å². The molecule has 3 heteroatoms. The van der Waals surface area contributed by atoms with Crippen LogP contribution >= 0.6 is 0 Å². The van der Waals surface area contributed by atoms with Gasteiger partial charge in [0.05, 0.1) is 5.52 Å². The van der Waals surface area contributed by atoms with Crippen molar-refractivity contribution in [3.8, 4) is 16.9 Å². The lowest BCUT2D eigenvalue weighted by molar-refractivity contribution is 1.04. The smallest absolute Gasteiger partial charge is 0.137 e. The molecule has 0 aliphatic carbocycles. The molecule has 0 atom stereocenters. The monoisotopic (exact) mass is 299 g/mol. The second-order valence-corrected chi connectivity index (χ2v) is 5.79. The maximum absolute atomic E-state index is 4.56. The Morgan fingerprint density at radius 1 is 0.913 bits per heavy atom. The molecule has 3 heterocycles. The van der Waals surface area contributed by atoms with Gasteiger partial charge in [0.2, 0.25) is 0 Å². The van der Waals surface area contributed by atoms with Crippen LogP contribution in [-0.4, -0.2) is 14.5 Å². The summed E-state index contributed by atoms with van der Waals surface area (Å²) in [6.45, 7) is 4.30. The maximum Gasteiger partial charge on any atom is 0.137 e. The summed E-state index contributed by atoms with van der Waals surface area (Å²) < 4.78 is 2.11. The summed E-state index contributed by atoms with van der Waals surface area (Å²) in [5.41, 5.74) is 6.16. The topological polar surface area (TPSA) is 30.7 Å². The molecule has 0 bridgehead atoms. The van der Waals surface area contributed by atoms with Gasteiger partial charge in [0.25, 0.3) is 0 Å². The molecule has 3 nitrogen and oxygen atoms in total. The van der Waals surface area contributed by atoms with Gasteiger partial charge in [0.1, 0.15) is 5.82 Å². The van der Waals surface area contributed by atoms with Crippen molar-refractivity contribution in [2.45, 2.75) is 13.8 Å². The molecule has 0 aliphatic heterocycles. The van der Waals surface area contributed by atoms with E-state index in [0.717, 1.165) is 16.7 Å². The quantitative estimate of drug-likeness (QED) is 0.537. The van der Waals surface area contributed by atoms with Crippen molar-refractivity contribution < 1.29 is 0 Å². The fourth-order valence-corrected chi connectivity index (χ4v) is 3.16. The van der Waals surface area contributed by atoms with Gasteiger partial charge in [-0.3, -0.25) is 4.98 Å². The minimum Gasteiger partial charge on any atom is -0.301 e. The normalized spacial score (nSPS) is 11.0. The molecule has 0 amide bonds. The Labute approximate surface area is 135 Å². The van der Waals surface area contributed by atoms with Gasteiger partial charge in [0, 0.05) is 30.2 Å². The van der Waals surface area contributed by atoms with Gasteiger partial charge in [0.15, 0.2) is 0 Å². The molecule has 0 saturated carbocycles. The molecule has 0 aliphatic rings. The first-order chi connectivity index (χ1) is 11.2. The Morgan fingerprint density at radius 2 is 1.74 bits per heavy atom. The van der Waals surface area contributed by atoms with Crippen molar-refractivity contribution >= 4 is 10.9 Å². The van der Waals surface area contributed by atoms with Gasteiger partial charge in [-0.15, -0.1) is 0 Å². The Morgan fingerprint density at radius 3 is 2.57 bits per heavy atom. The minimum absolute atomic E-state index is 0.923. The molecule has 0 fully saturated rings. The standard InChI is InChI=1S/C20H17N3/c1-14-4-3-5-15(2)20(14)16-6-10-22-19(12-16)23-11-8-17-13-21-9-7-18(17)23/h3-13H,1-2H3. The van der Waals surface area contributed by atoms with E-state index in [1.165, 1.54) is 22.3 Å². The molecule has 4 aromatic rings. The highest BCUT2D eigenvalue weighted by atomic mass is 15.0. The van der Waals surface area contributed by atoms with Crippen LogP contribution in [0.15, 0.2) is 67.3 Å². The number of fused-ring (bicyclic) bond motifs is 1. The Balaban J connectivity index is 1.90. The summed E-state index contributed by atoms with van der Waals surface area (Å²) in [5.74, 6) is 0.923. The fraction of sp³-hybridized carbons (Fsp3) is 0.100. The molecular weight excluding hydrogens is 282 g/mol. The molecule has 0 N–H and O–H groups in total. The van der Waals surface area contributed by atoms with Gasteiger partial charge in [-0.05, 0) is 60.4 Å². The minimum atomic E-state index is 0.923. The van der Waals surface area contributed by atoms with Crippen LogP contribution in [0.4, 0.5) is 0 Å². The molecule has 112 valence electrons. The predicted octanol–water partition coefficient (Wildman–Crippen LogP) is 4.70. The van der Waals surface area contributed by atoms with Crippen molar-refractivity contribution in [2.75, 3.05) is 0 Å². The number of hydrogen-bond acceptors (Lipinski definition) is 2. The first-order valence-corrected chi connectivity index (χ1v) is 7.68. The largest absolute Gasteiger partial charge is 0.301 e. The number of aromatic nitrogens is 3. The van der Waals surface area contributed by atoms with Crippen molar-refractivity contribution in [3.63, 3.8) is 0 Å². The zero-order valence-corrected chi connectivity index (χ0v) is 13.2. The maximum atomic E-state index is 4.56. The van der Waals surface area contributed by atoms with Crippen LogP contribution in [0.2, 0.25) is 0 Å². The van der Waals surface area contributed by atoms with Crippen LogP contribution in [-0.2, 0) is 0 Å². The SMILES string of the molecule is Cc1cccc(C)c1-c1ccnc(-n2ccc3cnccc32)c1. The molecule has 0 unspecified atom stereocenters. The highest BCUT2D eigenvalue weighted by Gasteiger charge is 2.09. The van der Waals surface area contributed by atoms with E-state index in [4.69, 9.17) is 0 Å².